The van der Waals surface area contributed by atoms with Crippen molar-refractivity contribution in [2.75, 3.05) is 6.61 Å². The molecule has 0 fully saturated rings. The molecular formula is C18H26O5. The van der Waals surface area contributed by atoms with Crippen LogP contribution < -0.4 is 0 Å². The number of carbonyl (C=O) groups is 2. The van der Waals surface area contributed by atoms with Gasteiger partial charge in [0.2, 0.25) is 5.60 Å². The molecule has 1 aromatic rings. The van der Waals surface area contributed by atoms with Crippen LogP contribution in [-0.4, -0.2) is 29.3 Å². The lowest BCUT2D eigenvalue weighted by molar-refractivity contribution is -0.181. The molecule has 1 N–H and O–H groups in total. The number of aliphatic carboxylic acids is 1. The largest absolute Gasteiger partial charge is 0.479 e. The molecule has 0 aromatic heterocycles. The van der Waals surface area contributed by atoms with Crippen LogP contribution in [0.5, 0.6) is 0 Å². The molecule has 0 saturated carbocycles. The second-order valence-corrected chi connectivity index (χ2v) is 6.46. The lowest BCUT2D eigenvalue weighted by atomic mass is 9.90. The molecule has 0 spiro atoms. The zero-order valence-electron chi connectivity index (χ0n) is 14.3. The summed E-state index contributed by atoms with van der Waals surface area (Å²) in [7, 11) is 0. The molecule has 1 rings (SSSR count). The molecule has 0 saturated heterocycles. The van der Waals surface area contributed by atoms with Crippen LogP contribution >= 0.6 is 0 Å². The third-order valence-electron chi connectivity index (χ3n) is 3.25. The average Bonchev–Trinajstić information content (AvgIpc) is 2.45. The summed E-state index contributed by atoms with van der Waals surface area (Å²) in [5, 5.41) is 9.79. The lowest BCUT2D eigenvalue weighted by Gasteiger charge is -2.31. The van der Waals surface area contributed by atoms with Gasteiger partial charge in [0.1, 0.15) is 5.60 Å². The highest BCUT2D eigenvalue weighted by Gasteiger charge is 2.44. The minimum atomic E-state index is -1.72. The van der Waals surface area contributed by atoms with Crippen molar-refractivity contribution >= 4 is 11.9 Å². The molecule has 0 bridgehead atoms. The van der Waals surface area contributed by atoms with E-state index in [0.29, 0.717) is 5.56 Å². The number of carboxylic acids is 1. The number of esters is 1. The number of unbranched alkanes of at least 4 members (excludes halogenated alkanes) is 1. The number of carbonyl (C=O) groups excluding carboxylic acids is 1. The molecule has 0 heterocycles. The fourth-order valence-corrected chi connectivity index (χ4v) is 2.18. The fraction of sp³-hybridized carbons (Fsp3) is 0.556. The number of benzene rings is 1. The van der Waals surface area contributed by atoms with Crippen LogP contribution in [0, 0.1) is 0 Å². The van der Waals surface area contributed by atoms with E-state index in [1.807, 2.05) is 6.92 Å². The van der Waals surface area contributed by atoms with Gasteiger partial charge in [-0.3, -0.25) is 4.79 Å². The molecule has 0 aliphatic heterocycles. The SMILES string of the molecule is CCCCO[C@](CC(=O)OC(C)(C)C)(C(=O)O)c1ccccc1. The van der Waals surface area contributed by atoms with Gasteiger partial charge in [-0.2, -0.15) is 0 Å². The van der Waals surface area contributed by atoms with E-state index < -0.39 is 23.1 Å². The summed E-state index contributed by atoms with van der Waals surface area (Å²) in [6, 6.07) is 8.56. The summed E-state index contributed by atoms with van der Waals surface area (Å²) in [6.45, 7) is 7.48. The van der Waals surface area contributed by atoms with Crippen molar-refractivity contribution in [1.29, 1.82) is 0 Å². The van der Waals surface area contributed by atoms with Crippen LogP contribution in [0.3, 0.4) is 0 Å². The lowest BCUT2D eigenvalue weighted by Crippen LogP contribution is -2.42. The van der Waals surface area contributed by atoms with Gasteiger partial charge in [0.05, 0.1) is 6.42 Å². The summed E-state index contributed by atoms with van der Waals surface area (Å²) < 4.78 is 11.0. The average molecular weight is 322 g/mol. The fourth-order valence-electron chi connectivity index (χ4n) is 2.18. The van der Waals surface area contributed by atoms with Crippen molar-refractivity contribution in [3.8, 4) is 0 Å². The zero-order valence-corrected chi connectivity index (χ0v) is 14.3. The number of hydrogen-bond acceptors (Lipinski definition) is 4. The highest BCUT2D eigenvalue weighted by Crippen LogP contribution is 2.32. The van der Waals surface area contributed by atoms with Crippen LogP contribution in [0.1, 0.15) is 52.5 Å². The summed E-state index contributed by atoms with van der Waals surface area (Å²) in [5.74, 6) is -1.79. The maximum absolute atomic E-state index is 12.2. The van der Waals surface area contributed by atoms with Gasteiger partial charge < -0.3 is 14.6 Å². The second-order valence-electron chi connectivity index (χ2n) is 6.46. The van der Waals surface area contributed by atoms with Crippen LogP contribution in [0.2, 0.25) is 0 Å². The Morgan fingerprint density at radius 1 is 1.13 bits per heavy atom. The van der Waals surface area contributed by atoms with Gasteiger partial charge in [-0.15, -0.1) is 0 Å². The third kappa shape index (κ3) is 5.67. The molecule has 0 radical (unpaired) electrons. The van der Waals surface area contributed by atoms with E-state index in [0.717, 1.165) is 12.8 Å². The highest BCUT2D eigenvalue weighted by molar-refractivity contribution is 5.86. The van der Waals surface area contributed by atoms with Crippen LogP contribution in [0.4, 0.5) is 0 Å². The molecule has 5 nitrogen and oxygen atoms in total. The van der Waals surface area contributed by atoms with Crippen molar-refractivity contribution in [1.82, 2.24) is 0 Å². The van der Waals surface area contributed by atoms with Gasteiger partial charge >= 0.3 is 11.9 Å². The van der Waals surface area contributed by atoms with Gasteiger partial charge in [0.25, 0.3) is 0 Å². The smallest absolute Gasteiger partial charge is 0.341 e. The standard InChI is InChI=1S/C18H26O5/c1-5-6-12-22-18(16(20)21,14-10-8-7-9-11-14)13-15(19)23-17(2,3)4/h7-11H,5-6,12-13H2,1-4H3,(H,20,21)/t18-/m0/s1. The quantitative estimate of drug-likeness (QED) is 0.585. The van der Waals surface area contributed by atoms with Crippen LogP contribution in [0.25, 0.3) is 0 Å². The summed E-state index contributed by atoms with van der Waals surface area (Å²) in [6.07, 6.45) is 1.22. The Bertz CT molecular complexity index is 518. The second kappa shape index (κ2) is 8.11. The first-order chi connectivity index (χ1) is 10.7. The Labute approximate surface area is 137 Å². The van der Waals surface area contributed by atoms with Crippen molar-refractivity contribution in [2.45, 2.75) is 58.2 Å². The molecule has 5 heteroatoms. The first-order valence-electron chi connectivity index (χ1n) is 7.86. The van der Waals surface area contributed by atoms with E-state index >= 15 is 0 Å². The van der Waals surface area contributed by atoms with E-state index in [1.165, 1.54) is 0 Å². The van der Waals surface area contributed by atoms with Gasteiger partial charge in [-0.05, 0) is 32.8 Å². The molecule has 1 aromatic carbocycles. The first-order valence-corrected chi connectivity index (χ1v) is 7.86. The van der Waals surface area contributed by atoms with Gasteiger partial charge in [0, 0.05) is 6.61 Å². The topological polar surface area (TPSA) is 72.8 Å². The molecule has 0 amide bonds. The number of ether oxygens (including phenoxy) is 2. The minimum absolute atomic E-state index is 0.264. The van der Waals surface area contributed by atoms with E-state index in [1.54, 1.807) is 51.1 Å². The molecule has 0 aliphatic carbocycles. The first kappa shape index (κ1) is 19.2. The van der Waals surface area contributed by atoms with E-state index in [-0.39, 0.29) is 13.0 Å². The maximum atomic E-state index is 12.2. The van der Waals surface area contributed by atoms with E-state index in [2.05, 4.69) is 0 Å². The number of hydrogen-bond donors (Lipinski definition) is 1. The summed E-state index contributed by atoms with van der Waals surface area (Å²) in [5.41, 5.74) is -1.96. The van der Waals surface area contributed by atoms with Crippen molar-refractivity contribution in [2.24, 2.45) is 0 Å². The Balaban J connectivity index is 3.12. The summed E-state index contributed by atoms with van der Waals surface area (Å²) >= 11 is 0. The molecule has 1 atom stereocenters. The van der Waals surface area contributed by atoms with Gasteiger partial charge in [-0.1, -0.05) is 43.7 Å². The molecular weight excluding hydrogens is 296 g/mol. The number of rotatable bonds is 8. The minimum Gasteiger partial charge on any atom is -0.479 e. The Hall–Kier alpha value is -1.88. The predicted molar refractivity (Wildman–Crippen MR) is 87.1 cm³/mol. The summed E-state index contributed by atoms with van der Waals surface area (Å²) in [4.78, 5) is 24.2. The Morgan fingerprint density at radius 2 is 1.74 bits per heavy atom. The van der Waals surface area contributed by atoms with E-state index in [9.17, 15) is 14.7 Å². The van der Waals surface area contributed by atoms with Gasteiger partial charge in [-0.25, -0.2) is 4.79 Å². The predicted octanol–water partition coefficient (Wildman–Crippen LogP) is 3.52. The zero-order chi connectivity index (χ0) is 17.5. The third-order valence-corrected chi connectivity index (χ3v) is 3.25. The van der Waals surface area contributed by atoms with Crippen molar-refractivity contribution in [3.05, 3.63) is 35.9 Å². The van der Waals surface area contributed by atoms with E-state index in [4.69, 9.17) is 9.47 Å². The van der Waals surface area contributed by atoms with Crippen molar-refractivity contribution < 1.29 is 24.2 Å². The molecule has 0 unspecified atom stereocenters. The Morgan fingerprint density at radius 3 is 2.22 bits per heavy atom. The van der Waals surface area contributed by atoms with Crippen molar-refractivity contribution in [3.63, 3.8) is 0 Å². The molecule has 23 heavy (non-hydrogen) atoms. The molecule has 128 valence electrons. The monoisotopic (exact) mass is 322 g/mol. The molecule has 0 aliphatic rings. The van der Waals surface area contributed by atoms with Crippen LogP contribution in [-0.2, 0) is 24.7 Å². The van der Waals surface area contributed by atoms with Gasteiger partial charge in [0.15, 0.2) is 0 Å². The normalized spacial score (nSPS) is 14.1. The number of carboxylic acid groups (broad SMARTS) is 1. The highest BCUT2D eigenvalue weighted by atomic mass is 16.6. The van der Waals surface area contributed by atoms with Crippen LogP contribution in [0.15, 0.2) is 30.3 Å². The Kier molecular flexibility index (Phi) is 6.76. The maximum Gasteiger partial charge on any atom is 0.341 e.